The molecule has 0 atom stereocenters. The smallest absolute Gasteiger partial charge is 0.131 e. The van der Waals surface area contributed by atoms with Crippen LogP contribution in [0.4, 0.5) is 5.69 Å². The largest absolute Gasteiger partial charge is 0.374 e. The average Bonchev–Trinajstić information content (AvgIpc) is 2.24. The molecule has 2 nitrogen and oxygen atoms in total. The number of hydrogen-bond donors (Lipinski definition) is 0. The van der Waals surface area contributed by atoms with Crippen LogP contribution >= 0.6 is 0 Å². The van der Waals surface area contributed by atoms with Gasteiger partial charge in [0.2, 0.25) is 0 Å². The molecule has 0 radical (unpaired) electrons. The molecule has 0 amide bonds. The third kappa shape index (κ3) is 4.09. The molecule has 0 N–H and O–H groups in total. The van der Waals surface area contributed by atoms with Crippen molar-refractivity contribution in [3.63, 3.8) is 0 Å². The number of ketones is 1. The topological polar surface area (TPSA) is 20.3 Å². The number of anilines is 1. The van der Waals surface area contributed by atoms with Gasteiger partial charge in [0.15, 0.2) is 0 Å². The predicted octanol–water partition coefficient (Wildman–Crippen LogP) is 4.02. The molecule has 0 aliphatic heterocycles. The van der Waals surface area contributed by atoms with E-state index in [-0.39, 0.29) is 11.2 Å². The van der Waals surface area contributed by atoms with Gasteiger partial charge >= 0.3 is 0 Å². The Morgan fingerprint density at radius 1 is 1.16 bits per heavy atom. The Hall–Kier alpha value is -1.31. The van der Waals surface area contributed by atoms with Gasteiger partial charge in [-0.2, -0.15) is 0 Å². The summed E-state index contributed by atoms with van der Waals surface area (Å²) in [5.41, 5.74) is 5.37. The van der Waals surface area contributed by atoms with E-state index >= 15 is 0 Å². The third-order valence-corrected chi connectivity index (χ3v) is 3.54. The third-order valence-electron chi connectivity index (χ3n) is 3.54. The van der Waals surface area contributed by atoms with Gasteiger partial charge in [-0.3, -0.25) is 4.79 Å². The van der Waals surface area contributed by atoms with Crippen LogP contribution in [0.15, 0.2) is 12.1 Å². The van der Waals surface area contributed by atoms with E-state index in [1.807, 2.05) is 0 Å². The first-order valence-electron chi connectivity index (χ1n) is 6.95. The van der Waals surface area contributed by atoms with Gasteiger partial charge in [-0.25, -0.2) is 0 Å². The zero-order valence-corrected chi connectivity index (χ0v) is 13.4. The van der Waals surface area contributed by atoms with E-state index in [4.69, 9.17) is 0 Å². The second kappa shape index (κ2) is 5.77. The summed E-state index contributed by atoms with van der Waals surface area (Å²) in [5, 5.41) is 0. The molecule has 0 unspecified atom stereocenters. The van der Waals surface area contributed by atoms with Gasteiger partial charge in [0.1, 0.15) is 5.78 Å². The maximum Gasteiger partial charge on any atom is 0.131 e. The van der Waals surface area contributed by atoms with Crippen LogP contribution in [0, 0.1) is 13.8 Å². The average molecular weight is 261 g/mol. The van der Waals surface area contributed by atoms with Crippen molar-refractivity contribution < 1.29 is 4.79 Å². The van der Waals surface area contributed by atoms with Gasteiger partial charge in [0.25, 0.3) is 0 Å². The minimum absolute atomic E-state index is 0.173. The Morgan fingerprint density at radius 2 is 1.63 bits per heavy atom. The fraction of sp³-hybridized carbons (Fsp3) is 0.588. The summed E-state index contributed by atoms with van der Waals surface area (Å²) in [6.07, 6.45) is 0.608. The standard InChI is InChI=1S/C17H27NO/c1-12-10-15(17(4,5)6)11-13(2)16(12)18(7)9-8-14(3)19/h10-11H,8-9H2,1-7H3. The van der Waals surface area contributed by atoms with Gasteiger partial charge in [-0.1, -0.05) is 32.9 Å². The first-order valence-corrected chi connectivity index (χ1v) is 6.95. The number of nitrogens with zero attached hydrogens (tertiary/aromatic N) is 1. The van der Waals surface area contributed by atoms with Crippen LogP contribution in [-0.2, 0) is 10.2 Å². The minimum atomic E-state index is 0.173. The summed E-state index contributed by atoms with van der Waals surface area (Å²) in [6.45, 7) is 13.5. The molecule has 0 spiro atoms. The van der Waals surface area contributed by atoms with Crippen LogP contribution < -0.4 is 4.90 Å². The fourth-order valence-electron chi connectivity index (χ4n) is 2.43. The number of carbonyl (C=O) groups excluding carboxylic acids is 1. The number of rotatable bonds is 4. The second-order valence-corrected chi connectivity index (χ2v) is 6.58. The highest BCUT2D eigenvalue weighted by Gasteiger charge is 2.17. The molecule has 0 aromatic heterocycles. The van der Waals surface area contributed by atoms with Crippen LogP contribution in [0.25, 0.3) is 0 Å². The molecule has 0 heterocycles. The minimum Gasteiger partial charge on any atom is -0.374 e. The van der Waals surface area contributed by atoms with Gasteiger partial charge in [0.05, 0.1) is 0 Å². The van der Waals surface area contributed by atoms with E-state index in [9.17, 15) is 4.79 Å². The van der Waals surface area contributed by atoms with Crippen molar-refractivity contribution in [3.8, 4) is 0 Å². The molecule has 1 rings (SSSR count). The monoisotopic (exact) mass is 261 g/mol. The number of hydrogen-bond acceptors (Lipinski definition) is 2. The van der Waals surface area contributed by atoms with Gasteiger partial charge < -0.3 is 4.90 Å². The van der Waals surface area contributed by atoms with Crippen molar-refractivity contribution in [3.05, 3.63) is 28.8 Å². The molecule has 0 bridgehead atoms. The summed E-state index contributed by atoms with van der Waals surface area (Å²) in [7, 11) is 2.06. The normalized spacial score (nSPS) is 11.5. The molecule has 0 fully saturated rings. The van der Waals surface area contributed by atoms with Crippen molar-refractivity contribution in [2.75, 3.05) is 18.5 Å². The maximum atomic E-state index is 11.1. The van der Waals surface area contributed by atoms with Crippen molar-refractivity contribution in [2.45, 2.75) is 53.4 Å². The first-order chi connectivity index (χ1) is 8.62. The van der Waals surface area contributed by atoms with E-state index in [2.05, 4.69) is 58.7 Å². The lowest BCUT2D eigenvalue weighted by Gasteiger charge is -2.27. The lowest BCUT2D eigenvalue weighted by Crippen LogP contribution is -2.23. The van der Waals surface area contributed by atoms with Crippen LogP contribution in [0.5, 0.6) is 0 Å². The van der Waals surface area contributed by atoms with E-state index in [1.54, 1.807) is 6.92 Å². The highest BCUT2D eigenvalue weighted by atomic mass is 16.1. The van der Waals surface area contributed by atoms with E-state index in [0.717, 1.165) is 6.54 Å². The Morgan fingerprint density at radius 3 is 2.00 bits per heavy atom. The summed E-state index contributed by atoms with van der Waals surface area (Å²) in [4.78, 5) is 13.3. The molecule has 0 aliphatic carbocycles. The van der Waals surface area contributed by atoms with Crippen LogP contribution in [0.3, 0.4) is 0 Å². The molecule has 19 heavy (non-hydrogen) atoms. The van der Waals surface area contributed by atoms with Crippen molar-refractivity contribution >= 4 is 11.5 Å². The number of aryl methyl sites for hydroxylation is 2. The number of Topliss-reactive ketones (excluding diaryl/α,β-unsaturated/α-hetero) is 1. The Kier molecular flexibility index (Phi) is 4.78. The molecule has 0 aliphatic rings. The van der Waals surface area contributed by atoms with Crippen LogP contribution in [0.1, 0.15) is 50.8 Å². The molecule has 0 saturated heterocycles. The number of benzene rings is 1. The summed E-state index contributed by atoms with van der Waals surface area (Å²) < 4.78 is 0. The molecule has 2 heteroatoms. The molecule has 0 saturated carbocycles. The number of carbonyl (C=O) groups is 1. The molecular formula is C17H27NO. The van der Waals surface area contributed by atoms with Gasteiger partial charge in [-0.05, 0) is 42.9 Å². The van der Waals surface area contributed by atoms with Gasteiger partial charge in [-0.15, -0.1) is 0 Å². The van der Waals surface area contributed by atoms with Crippen molar-refractivity contribution in [1.82, 2.24) is 0 Å². The zero-order chi connectivity index (χ0) is 14.8. The summed E-state index contributed by atoms with van der Waals surface area (Å²) in [6, 6.07) is 4.54. The fourth-order valence-corrected chi connectivity index (χ4v) is 2.43. The lowest BCUT2D eigenvalue weighted by molar-refractivity contribution is -0.116. The van der Waals surface area contributed by atoms with Crippen LogP contribution in [-0.4, -0.2) is 19.4 Å². The Labute approximate surface area is 117 Å². The highest BCUT2D eigenvalue weighted by Crippen LogP contribution is 2.31. The van der Waals surface area contributed by atoms with Gasteiger partial charge in [0, 0.05) is 25.7 Å². The summed E-state index contributed by atoms with van der Waals surface area (Å²) >= 11 is 0. The predicted molar refractivity (Wildman–Crippen MR) is 83.2 cm³/mol. The van der Waals surface area contributed by atoms with E-state index in [1.165, 1.54) is 22.4 Å². The SMILES string of the molecule is CC(=O)CCN(C)c1c(C)cc(C(C)(C)C)cc1C. The first kappa shape index (κ1) is 15.7. The quantitative estimate of drug-likeness (QED) is 0.816. The Balaban J connectivity index is 3.06. The molecule has 1 aromatic rings. The van der Waals surface area contributed by atoms with E-state index < -0.39 is 0 Å². The maximum absolute atomic E-state index is 11.1. The highest BCUT2D eigenvalue weighted by molar-refractivity contribution is 5.76. The Bertz CT molecular complexity index is 446. The van der Waals surface area contributed by atoms with Crippen molar-refractivity contribution in [2.24, 2.45) is 0 Å². The molecule has 106 valence electrons. The lowest BCUT2D eigenvalue weighted by atomic mass is 9.84. The molecule has 1 aromatic carbocycles. The molecular weight excluding hydrogens is 234 g/mol. The zero-order valence-electron chi connectivity index (χ0n) is 13.4. The van der Waals surface area contributed by atoms with Crippen molar-refractivity contribution in [1.29, 1.82) is 0 Å². The van der Waals surface area contributed by atoms with Crippen LogP contribution in [0.2, 0.25) is 0 Å². The van der Waals surface area contributed by atoms with E-state index in [0.29, 0.717) is 6.42 Å². The summed E-state index contributed by atoms with van der Waals surface area (Å²) in [5.74, 6) is 0.244. The second-order valence-electron chi connectivity index (χ2n) is 6.58.